The van der Waals surface area contributed by atoms with E-state index in [1.807, 2.05) is 73.6 Å². The highest BCUT2D eigenvalue weighted by Gasteiger charge is 1.86. The highest BCUT2D eigenvalue weighted by molar-refractivity contribution is 5.50. The lowest BCUT2D eigenvalue weighted by molar-refractivity contribution is 1.45. The van der Waals surface area contributed by atoms with Gasteiger partial charge in [-0.2, -0.15) is 0 Å². The van der Waals surface area contributed by atoms with Gasteiger partial charge >= 0.3 is 0 Å². The molecule has 0 unspecified atom stereocenters. The van der Waals surface area contributed by atoms with Crippen LogP contribution >= 0.6 is 0 Å². The third kappa shape index (κ3) is 17.6. The van der Waals surface area contributed by atoms with Gasteiger partial charge in [-0.05, 0) is 18.1 Å². The van der Waals surface area contributed by atoms with Gasteiger partial charge < -0.3 is 0 Å². The van der Waals surface area contributed by atoms with E-state index in [0.717, 1.165) is 0 Å². The van der Waals surface area contributed by atoms with Crippen LogP contribution in [-0.2, 0) is 0 Å². The summed E-state index contributed by atoms with van der Waals surface area (Å²) in [4.78, 5) is 0. The lowest BCUT2D eigenvalue weighted by Gasteiger charge is -1.95. The quantitative estimate of drug-likeness (QED) is 0.508. The number of hydrogen-bond acceptors (Lipinski definition) is 0. The molecule has 0 spiro atoms. The number of rotatable bonds is 1. The molecule has 0 aromatic heterocycles. The van der Waals surface area contributed by atoms with Crippen molar-refractivity contribution in [3.63, 3.8) is 0 Å². The zero-order valence-corrected chi connectivity index (χ0v) is 13.6. The molecule has 0 heteroatoms. The third-order valence-corrected chi connectivity index (χ3v) is 1.41. The minimum atomic E-state index is 1.22. The topological polar surface area (TPSA) is 0 Å². The molecule has 1 rings (SSSR count). The van der Waals surface area contributed by atoms with Gasteiger partial charge in [0.1, 0.15) is 0 Å². The Labute approximate surface area is 111 Å². The van der Waals surface area contributed by atoms with Gasteiger partial charge in [-0.25, -0.2) is 0 Å². The van der Waals surface area contributed by atoms with Gasteiger partial charge in [-0.1, -0.05) is 92.3 Å². The second-order valence-corrected chi connectivity index (χ2v) is 2.06. The zero-order chi connectivity index (χ0) is 14.7. The average molecular weight is 238 g/mol. The Morgan fingerprint density at radius 1 is 0.765 bits per heavy atom. The minimum Gasteiger partial charge on any atom is -0.0985 e. The minimum absolute atomic E-state index is 1.22. The molecule has 0 aliphatic heterocycles. The molecule has 0 amide bonds. The van der Waals surface area contributed by atoms with E-state index in [-0.39, 0.29) is 0 Å². The summed E-state index contributed by atoms with van der Waals surface area (Å²) in [5, 5.41) is 0. The van der Waals surface area contributed by atoms with Crippen molar-refractivity contribution in [3.05, 3.63) is 42.0 Å². The Morgan fingerprint density at radius 2 is 1.12 bits per heavy atom. The molecule has 0 aliphatic carbocycles. The summed E-state index contributed by atoms with van der Waals surface area (Å²) in [5.74, 6) is 0. The van der Waals surface area contributed by atoms with Gasteiger partial charge in [0.05, 0.1) is 0 Å². The molecule has 102 valence electrons. The van der Waals surface area contributed by atoms with Crippen molar-refractivity contribution in [2.45, 2.75) is 62.3 Å². The first-order valence-corrected chi connectivity index (χ1v) is 7.02. The van der Waals surface area contributed by atoms with Crippen molar-refractivity contribution >= 4 is 6.08 Å². The van der Waals surface area contributed by atoms with E-state index in [1.54, 1.807) is 0 Å². The maximum absolute atomic E-state index is 3.69. The van der Waals surface area contributed by atoms with Gasteiger partial charge in [0.15, 0.2) is 0 Å². The first-order chi connectivity index (χ1) is 8.34. The van der Waals surface area contributed by atoms with Crippen LogP contribution in [0.2, 0.25) is 0 Å². The van der Waals surface area contributed by atoms with Crippen LogP contribution in [0.15, 0.2) is 30.8 Å². The van der Waals surface area contributed by atoms with E-state index in [0.29, 0.717) is 0 Å². The molecular weight excluding hydrogens is 204 g/mol. The highest BCUT2D eigenvalue weighted by atomic mass is 13.9. The second-order valence-electron chi connectivity index (χ2n) is 2.06. The second kappa shape index (κ2) is 29.4. The summed E-state index contributed by atoms with van der Waals surface area (Å²) in [6.07, 6.45) is 1.87. The fourth-order valence-corrected chi connectivity index (χ4v) is 0.816. The number of benzene rings is 1. The summed E-state index contributed by atoms with van der Waals surface area (Å²) in [5.41, 5.74) is 2.50. The molecule has 0 aliphatic rings. The normalized spacial score (nSPS) is 6.18. The standard InChI is InChI=1S/C9H10.4C2H6/c1-3-9-7-5-4-6-8(9)2;4*1-2/h3-7H,1H2,2H3;4*1-2H3. The van der Waals surface area contributed by atoms with E-state index >= 15 is 0 Å². The predicted molar refractivity (Wildman–Crippen MR) is 86.7 cm³/mol. The van der Waals surface area contributed by atoms with Gasteiger partial charge in [0.25, 0.3) is 0 Å². The van der Waals surface area contributed by atoms with Crippen molar-refractivity contribution in [1.29, 1.82) is 0 Å². The lowest BCUT2D eigenvalue weighted by atomic mass is 10.1. The zero-order valence-electron chi connectivity index (χ0n) is 13.6. The van der Waals surface area contributed by atoms with Gasteiger partial charge in [-0.3, -0.25) is 0 Å². The van der Waals surface area contributed by atoms with Crippen molar-refractivity contribution in [2.75, 3.05) is 0 Å². The lowest BCUT2D eigenvalue weighted by Crippen LogP contribution is -1.75. The Kier molecular flexibility index (Phi) is 43.2. The predicted octanol–water partition coefficient (Wildman–Crippen LogP) is 6.74. The average Bonchev–Trinajstić information content (AvgIpc) is 2.48. The van der Waals surface area contributed by atoms with Crippen LogP contribution in [0.1, 0.15) is 66.5 Å². The number of aryl methyl sites for hydroxylation is 1. The highest BCUT2D eigenvalue weighted by Crippen LogP contribution is 2.06. The molecule has 0 saturated carbocycles. The van der Waals surface area contributed by atoms with E-state index < -0.39 is 0 Å². The van der Waals surface area contributed by atoms with Gasteiger partial charge in [-0.15, -0.1) is 0 Å². The summed E-state index contributed by atoms with van der Waals surface area (Å²) in [6.45, 7) is 21.8. The Balaban J connectivity index is -0.0000000905. The summed E-state index contributed by atoms with van der Waals surface area (Å²) in [7, 11) is 0. The van der Waals surface area contributed by atoms with Gasteiger partial charge in [0.2, 0.25) is 0 Å². The first-order valence-electron chi connectivity index (χ1n) is 7.02. The summed E-state index contributed by atoms with van der Waals surface area (Å²) >= 11 is 0. The largest absolute Gasteiger partial charge is 0.0985 e. The van der Waals surface area contributed by atoms with Crippen LogP contribution in [0, 0.1) is 6.92 Å². The van der Waals surface area contributed by atoms with Crippen molar-refractivity contribution in [1.82, 2.24) is 0 Å². The van der Waals surface area contributed by atoms with E-state index in [4.69, 9.17) is 0 Å². The molecule has 0 bridgehead atoms. The Morgan fingerprint density at radius 3 is 1.35 bits per heavy atom. The van der Waals surface area contributed by atoms with Crippen molar-refractivity contribution in [3.8, 4) is 0 Å². The Bertz CT molecular complexity index is 211. The first kappa shape index (κ1) is 25.0. The molecule has 0 atom stereocenters. The summed E-state index contributed by atoms with van der Waals surface area (Å²) in [6, 6.07) is 8.19. The van der Waals surface area contributed by atoms with E-state index in [9.17, 15) is 0 Å². The Hall–Kier alpha value is -1.04. The molecule has 0 radical (unpaired) electrons. The molecule has 0 saturated heterocycles. The summed E-state index contributed by atoms with van der Waals surface area (Å²) < 4.78 is 0. The third-order valence-electron chi connectivity index (χ3n) is 1.41. The van der Waals surface area contributed by atoms with Gasteiger partial charge in [0, 0.05) is 0 Å². The van der Waals surface area contributed by atoms with Crippen LogP contribution in [0.3, 0.4) is 0 Å². The molecule has 17 heavy (non-hydrogen) atoms. The molecule has 0 nitrogen and oxygen atoms in total. The van der Waals surface area contributed by atoms with Crippen molar-refractivity contribution < 1.29 is 0 Å². The van der Waals surface area contributed by atoms with Crippen LogP contribution in [0.5, 0.6) is 0 Å². The monoisotopic (exact) mass is 238 g/mol. The molecule has 1 aromatic carbocycles. The van der Waals surface area contributed by atoms with E-state index in [1.165, 1.54) is 11.1 Å². The maximum Gasteiger partial charge on any atom is -0.0233 e. The van der Waals surface area contributed by atoms with Crippen LogP contribution in [0.25, 0.3) is 6.08 Å². The molecule has 0 fully saturated rings. The SMILES string of the molecule is C=Cc1ccccc1C.CC.CC.CC.CC. The smallest absolute Gasteiger partial charge is 0.0233 e. The van der Waals surface area contributed by atoms with Crippen LogP contribution in [0.4, 0.5) is 0 Å². The molecular formula is C17H34. The van der Waals surface area contributed by atoms with Crippen LogP contribution < -0.4 is 0 Å². The van der Waals surface area contributed by atoms with Crippen molar-refractivity contribution in [2.24, 2.45) is 0 Å². The fraction of sp³-hybridized carbons (Fsp3) is 0.529. The molecule has 1 aromatic rings. The number of hydrogen-bond donors (Lipinski definition) is 0. The maximum atomic E-state index is 3.69. The van der Waals surface area contributed by atoms with E-state index in [2.05, 4.69) is 25.6 Å². The molecule has 0 heterocycles. The van der Waals surface area contributed by atoms with Crippen LogP contribution in [-0.4, -0.2) is 0 Å². The molecule has 0 N–H and O–H groups in total. The fourth-order valence-electron chi connectivity index (χ4n) is 0.816.